The smallest absolute Gasteiger partial charge is 0.306 e. The van der Waals surface area contributed by atoms with Crippen molar-refractivity contribution in [2.45, 2.75) is 290 Å². The summed E-state index contributed by atoms with van der Waals surface area (Å²) in [6, 6.07) is 0. The molecule has 0 aromatic carbocycles. The number of carbonyl (C=O) groups is 3. The molecule has 0 aliphatic carbocycles. The van der Waals surface area contributed by atoms with Gasteiger partial charge in [0.25, 0.3) is 0 Å². The number of rotatable bonds is 53. The summed E-state index contributed by atoms with van der Waals surface area (Å²) in [7, 11) is 0. The Morgan fingerprint density at radius 1 is 0.300 bits per heavy atom. The lowest BCUT2D eigenvalue weighted by molar-refractivity contribution is -0.167. The van der Waals surface area contributed by atoms with Gasteiger partial charge in [0.1, 0.15) is 13.2 Å². The maximum absolute atomic E-state index is 12.9. The number of esters is 3. The third-order valence-corrected chi connectivity index (χ3v) is 12.6. The van der Waals surface area contributed by atoms with Gasteiger partial charge in [-0.3, -0.25) is 14.4 Å². The lowest BCUT2D eigenvalue weighted by Crippen LogP contribution is -2.30. The van der Waals surface area contributed by atoms with Crippen molar-refractivity contribution in [2.75, 3.05) is 13.2 Å². The molecule has 0 amide bonds. The molecule has 0 saturated heterocycles. The molecule has 1 unspecified atom stereocenters. The van der Waals surface area contributed by atoms with E-state index >= 15 is 0 Å². The van der Waals surface area contributed by atoms with Crippen molar-refractivity contribution in [2.24, 2.45) is 0 Å². The Kier molecular flexibility index (Phi) is 55.3. The van der Waals surface area contributed by atoms with E-state index in [1.54, 1.807) is 0 Å². The minimum atomic E-state index is -0.784. The summed E-state index contributed by atoms with van der Waals surface area (Å²) in [4.78, 5) is 38.2. The van der Waals surface area contributed by atoms with Gasteiger partial charge in [-0.1, -0.05) is 254 Å². The summed E-state index contributed by atoms with van der Waals surface area (Å²) in [6.45, 7) is 6.50. The van der Waals surface area contributed by atoms with Crippen LogP contribution in [0.2, 0.25) is 0 Å². The average Bonchev–Trinajstić information content (AvgIpc) is 3.36. The quantitative estimate of drug-likeness (QED) is 0.0261. The first-order valence-electron chi connectivity index (χ1n) is 29.6. The molecule has 1 atom stereocenters. The fourth-order valence-electron chi connectivity index (χ4n) is 8.21. The Morgan fingerprint density at radius 2 is 0.557 bits per heavy atom. The standard InChI is InChI=1S/C64H110O6/c1-4-7-10-13-16-19-22-24-26-28-30-31-32-33-34-36-37-39-42-45-48-51-54-57-63(66)69-60-61(59-68-62(65)56-53-50-47-44-41-21-18-15-12-9-6-3)70-64(67)58-55-52-49-46-43-40-38-35-29-27-25-23-20-17-14-11-8-5-2/h7,10,16,19-20,23-24,26-27,29-31,33-34,61H,4-6,8-9,11-15,17-18,21-22,25,28,32,35-60H2,1-3H3/b10-7-,19-16-,23-20-,26-24-,29-27-,31-30-,34-33-. The molecule has 0 aliphatic rings. The summed E-state index contributed by atoms with van der Waals surface area (Å²) in [5.74, 6) is -0.894. The van der Waals surface area contributed by atoms with Crippen LogP contribution in [-0.4, -0.2) is 37.2 Å². The van der Waals surface area contributed by atoms with E-state index in [9.17, 15) is 14.4 Å². The zero-order chi connectivity index (χ0) is 50.7. The van der Waals surface area contributed by atoms with Crippen LogP contribution in [0.25, 0.3) is 0 Å². The number of allylic oxidation sites excluding steroid dienone is 14. The van der Waals surface area contributed by atoms with Crippen LogP contribution < -0.4 is 0 Å². The molecule has 0 aliphatic heterocycles. The molecule has 0 fully saturated rings. The number of hydrogen-bond donors (Lipinski definition) is 0. The Hall–Kier alpha value is -3.41. The van der Waals surface area contributed by atoms with Crippen molar-refractivity contribution in [1.82, 2.24) is 0 Å². The van der Waals surface area contributed by atoms with Crippen molar-refractivity contribution < 1.29 is 28.6 Å². The van der Waals surface area contributed by atoms with Gasteiger partial charge in [-0.2, -0.15) is 0 Å². The van der Waals surface area contributed by atoms with E-state index in [2.05, 4.69) is 106 Å². The Labute approximate surface area is 433 Å². The second kappa shape index (κ2) is 58.2. The number of unbranched alkanes of at least 4 members (excludes halogenated alkanes) is 28. The van der Waals surface area contributed by atoms with E-state index in [1.165, 1.54) is 135 Å². The van der Waals surface area contributed by atoms with Crippen LogP contribution in [0.3, 0.4) is 0 Å². The summed E-state index contributed by atoms with van der Waals surface area (Å²) >= 11 is 0. The minimum Gasteiger partial charge on any atom is -0.462 e. The van der Waals surface area contributed by atoms with E-state index in [0.29, 0.717) is 19.3 Å². The normalized spacial score (nSPS) is 12.7. The SMILES string of the molecule is CC/C=C\C/C=C\C/C=C\C/C=C\C/C=C\CCCCCCCCCC(=O)OCC(COC(=O)CCCCCCCCCCCCC)OC(=O)CCCCCCCCC/C=C\C/C=C\CCCCCC. The summed E-state index contributed by atoms with van der Waals surface area (Å²) in [6.07, 6.45) is 75.7. The van der Waals surface area contributed by atoms with E-state index in [-0.39, 0.29) is 31.1 Å². The van der Waals surface area contributed by atoms with Crippen LogP contribution in [0.4, 0.5) is 0 Å². The molecular formula is C64H110O6. The molecular weight excluding hydrogens is 865 g/mol. The van der Waals surface area contributed by atoms with Crippen LogP contribution in [0.1, 0.15) is 284 Å². The number of carbonyl (C=O) groups excluding carboxylic acids is 3. The fraction of sp³-hybridized carbons (Fsp3) is 0.734. The molecule has 0 saturated carbocycles. The van der Waals surface area contributed by atoms with Crippen LogP contribution in [-0.2, 0) is 28.6 Å². The highest BCUT2D eigenvalue weighted by Crippen LogP contribution is 2.15. The van der Waals surface area contributed by atoms with Gasteiger partial charge in [0, 0.05) is 19.3 Å². The molecule has 0 radical (unpaired) electrons. The molecule has 0 bridgehead atoms. The molecule has 0 N–H and O–H groups in total. The third kappa shape index (κ3) is 55.5. The lowest BCUT2D eigenvalue weighted by atomic mass is 10.1. The molecule has 0 spiro atoms. The molecule has 0 rings (SSSR count). The Bertz CT molecular complexity index is 1350. The minimum absolute atomic E-state index is 0.0814. The highest BCUT2D eigenvalue weighted by molar-refractivity contribution is 5.71. The van der Waals surface area contributed by atoms with Gasteiger partial charge in [0.2, 0.25) is 0 Å². The van der Waals surface area contributed by atoms with Crippen molar-refractivity contribution in [1.29, 1.82) is 0 Å². The fourth-order valence-corrected chi connectivity index (χ4v) is 8.21. The molecule has 0 heterocycles. The van der Waals surface area contributed by atoms with E-state index in [1.807, 2.05) is 0 Å². The zero-order valence-electron chi connectivity index (χ0n) is 46.0. The molecule has 70 heavy (non-hydrogen) atoms. The second-order valence-corrected chi connectivity index (χ2v) is 19.5. The first-order chi connectivity index (χ1) is 34.5. The average molecular weight is 976 g/mol. The van der Waals surface area contributed by atoms with Gasteiger partial charge in [0.15, 0.2) is 6.10 Å². The molecule has 6 heteroatoms. The van der Waals surface area contributed by atoms with E-state index in [4.69, 9.17) is 14.2 Å². The Balaban J connectivity index is 4.35. The third-order valence-electron chi connectivity index (χ3n) is 12.6. The van der Waals surface area contributed by atoms with Gasteiger partial charge in [0.05, 0.1) is 0 Å². The highest BCUT2D eigenvalue weighted by Gasteiger charge is 2.19. The maximum Gasteiger partial charge on any atom is 0.306 e. The number of hydrogen-bond acceptors (Lipinski definition) is 6. The van der Waals surface area contributed by atoms with Crippen molar-refractivity contribution >= 4 is 17.9 Å². The molecule has 402 valence electrons. The highest BCUT2D eigenvalue weighted by atomic mass is 16.6. The number of ether oxygens (including phenoxy) is 3. The topological polar surface area (TPSA) is 78.9 Å². The van der Waals surface area contributed by atoms with Crippen molar-refractivity contribution in [3.8, 4) is 0 Å². The molecule has 0 aromatic rings. The summed E-state index contributed by atoms with van der Waals surface area (Å²) < 4.78 is 16.9. The Morgan fingerprint density at radius 3 is 0.886 bits per heavy atom. The zero-order valence-corrected chi connectivity index (χ0v) is 46.0. The van der Waals surface area contributed by atoms with Gasteiger partial charge in [-0.25, -0.2) is 0 Å². The van der Waals surface area contributed by atoms with Crippen LogP contribution in [0, 0.1) is 0 Å². The first-order valence-corrected chi connectivity index (χ1v) is 29.6. The maximum atomic E-state index is 12.9. The predicted molar refractivity (Wildman–Crippen MR) is 302 cm³/mol. The van der Waals surface area contributed by atoms with Crippen LogP contribution in [0.15, 0.2) is 85.1 Å². The van der Waals surface area contributed by atoms with E-state index < -0.39 is 6.10 Å². The van der Waals surface area contributed by atoms with Gasteiger partial charge < -0.3 is 14.2 Å². The summed E-state index contributed by atoms with van der Waals surface area (Å²) in [5, 5.41) is 0. The van der Waals surface area contributed by atoms with Crippen molar-refractivity contribution in [3.05, 3.63) is 85.1 Å². The molecule has 6 nitrogen and oxygen atoms in total. The van der Waals surface area contributed by atoms with Crippen LogP contribution in [0.5, 0.6) is 0 Å². The van der Waals surface area contributed by atoms with Gasteiger partial charge in [-0.05, 0) is 96.3 Å². The monoisotopic (exact) mass is 975 g/mol. The van der Waals surface area contributed by atoms with Crippen molar-refractivity contribution in [3.63, 3.8) is 0 Å². The molecule has 0 aromatic heterocycles. The first kappa shape index (κ1) is 66.6. The lowest BCUT2D eigenvalue weighted by Gasteiger charge is -2.18. The van der Waals surface area contributed by atoms with Gasteiger partial charge >= 0.3 is 17.9 Å². The van der Waals surface area contributed by atoms with E-state index in [0.717, 1.165) is 109 Å². The van der Waals surface area contributed by atoms with Gasteiger partial charge in [-0.15, -0.1) is 0 Å². The summed E-state index contributed by atoms with van der Waals surface area (Å²) in [5.41, 5.74) is 0. The predicted octanol–water partition coefficient (Wildman–Crippen LogP) is 19.9. The van der Waals surface area contributed by atoms with Crippen LogP contribution >= 0.6 is 0 Å². The largest absolute Gasteiger partial charge is 0.462 e. The second-order valence-electron chi connectivity index (χ2n) is 19.5.